The largest absolute Gasteiger partial charge is 0.351 e. The first-order chi connectivity index (χ1) is 11.3. The van der Waals surface area contributed by atoms with Gasteiger partial charge in [0.25, 0.3) is 0 Å². The summed E-state index contributed by atoms with van der Waals surface area (Å²) >= 11 is 6.08. The topological polar surface area (TPSA) is 58.2 Å². The Balaban J connectivity index is 2.01. The number of hydrogen-bond donors (Lipinski definition) is 2. The molecule has 126 valence electrons. The average molecular weight is 345 g/mol. The van der Waals surface area contributed by atoms with Gasteiger partial charge in [-0.05, 0) is 50.1 Å². The van der Waals surface area contributed by atoms with Crippen LogP contribution in [0.2, 0.25) is 5.02 Å². The number of amides is 2. The standard InChI is InChI=1S/C19H21ClN2O2/c1-13-7-6-9-15(11-13)22-18(24)19(2,3)17(23)21-12-14-8-4-5-10-16(14)20/h4-11H,12H2,1-3H3,(H,21,23)(H,22,24). The number of hydrogen-bond acceptors (Lipinski definition) is 2. The fraction of sp³-hybridized carbons (Fsp3) is 0.263. The summed E-state index contributed by atoms with van der Waals surface area (Å²) in [5.41, 5.74) is 1.31. The lowest BCUT2D eigenvalue weighted by molar-refractivity contribution is -0.138. The monoisotopic (exact) mass is 344 g/mol. The Bertz CT molecular complexity index is 757. The molecule has 0 aromatic heterocycles. The summed E-state index contributed by atoms with van der Waals surface area (Å²) in [6, 6.07) is 14.7. The normalized spacial score (nSPS) is 11.0. The van der Waals surface area contributed by atoms with Gasteiger partial charge >= 0.3 is 0 Å². The van der Waals surface area contributed by atoms with Crippen molar-refractivity contribution < 1.29 is 9.59 Å². The molecular weight excluding hydrogens is 324 g/mol. The summed E-state index contributed by atoms with van der Waals surface area (Å²) in [4.78, 5) is 24.9. The predicted molar refractivity (Wildman–Crippen MR) is 96.9 cm³/mol. The zero-order valence-corrected chi connectivity index (χ0v) is 14.8. The van der Waals surface area contributed by atoms with Crippen LogP contribution in [-0.4, -0.2) is 11.8 Å². The van der Waals surface area contributed by atoms with Crippen molar-refractivity contribution in [3.8, 4) is 0 Å². The molecular formula is C19H21ClN2O2. The highest BCUT2D eigenvalue weighted by atomic mass is 35.5. The lowest BCUT2D eigenvalue weighted by atomic mass is 9.90. The molecule has 24 heavy (non-hydrogen) atoms. The fourth-order valence-corrected chi connectivity index (χ4v) is 2.35. The quantitative estimate of drug-likeness (QED) is 0.807. The van der Waals surface area contributed by atoms with Crippen LogP contribution in [0.15, 0.2) is 48.5 Å². The van der Waals surface area contributed by atoms with E-state index in [2.05, 4.69) is 10.6 Å². The van der Waals surface area contributed by atoms with Crippen LogP contribution in [0.25, 0.3) is 0 Å². The second-order valence-corrected chi connectivity index (χ2v) is 6.63. The molecule has 0 fully saturated rings. The van der Waals surface area contributed by atoms with E-state index >= 15 is 0 Å². The summed E-state index contributed by atoms with van der Waals surface area (Å²) in [5.74, 6) is -0.711. The lowest BCUT2D eigenvalue weighted by Crippen LogP contribution is -2.44. The molecule has 2 aromatic carbocycles. The van der Waals surface area contributed by atoms with Gasteiger partial charge < -0.3 is 10.6 Å². The van der Waals surface area contributed by atoms with Gasteiger partial charge in [-0.15, -0.1) is 0 Å². The Kier molecular flexibility index (Phi) is 5.62. The molecule has 5 heteroatoms. The van der Waals surface area contributed by atoms with Crippen LogP contribution in [0.4, 0.5) is 5.69 Å². The minimum Gasteiger partial charge on any atom is -0.351 e. The third-order valence-corrected chi connectivity index (χ3v) is 4.18. The van der Waals surface area contributed by atoms with Gasteiger partial charge in [0.15, 0.2) is 0 Å². The zero-order chi connectivity index (χ0) is 17.7. The number of anilines is 1. The number of aryl methyl sites for hydroxylation is 1. The van der Waals surface area contributed by atoms with E-state index in [0.29, 0.717) is 10.7 Å². The van der Waals surface area contributed by atoms with E-state index in [1.807, 2.05) is 43.3 Å². The molecule has 0 radical (unpaired) electrons. The van der Waals surface area contributed by atoms with E-state index in [4.69, 9.17) is 11.6 Å². The molecule has 2 aromatic rings. The highest BCUT2D eigenvalue weighted by Gasteiger charge is 2.36. The van der Waals surface area contributed by atoms with Crippen LogP contribution in [-0.2, 0) is 16.1 Å². The van der Waals surface area contributed by atoms with E-state index in [9.17, 15) is 9.59 Å². The van der Waals surface area contributed by atoms with Crippen LogP contribution < -0.4 is 10.6 Å². The highest BCUT2D eigenvalue weighted by molar-refractivity contribution is 6.31. The van der Waals surface area contributed by atoms with Gasteiger partial charge in [0.1, 0.15) is 5.41 Å². The van der Waals surface area contributed by atoms with Gasteiger partial charge in [-0.25, -0.2) is 0 Å². The molecule has 2 N–H and O–H groups in total. The smallest absolute Gasteiger partial charge is 0.239 e. The Labute approximate surface area is 147 Å². The highest BCUT2D eigenvalue weighted by Crippen LogP contribution is 2.21. The number of rotatable bonds is 5. The SMILES string of the molecule is Cc1cccc(NC(=O)C(C)(C)C(=O)NCc2ccccc2Cl)c1. The molecule has 0 aliphatic carbocycles. The molecule has 0 spiro atoms. The minimum atomic E-state index is -1.20. The molecule has 0 unspecified atom stereocenters. The first-order valence-corrected chi connectivity index (χ1v) is 8.08. The van der Waals surface area contributed by atoms with Crippen LogP contribution in [0.1, 0.15) is 25.0 Å². The third kappa shape index (κ3) is 4.36. The molecule has 0 aliphatic rings. The summed E-state index contributed by atoms with van der Waals surface area (Å²) < 4.78 is 0. The van der Waals surface area contributed by atoms with Crippen LogP contribution >= 0.6 is 11.6 Å². The van der Waals surface area contributed by atoms with Crippen molar-refractivity contribution in [1.82, 2.24) is 5.32 Å². The lowest BCUT2D eigenvalue weighted by Gasteiger charge is -2.23. The molecule has 0 atom stereocenters. The van der Waals surface area contributed by atoms with Crippen molar-refractivity contribution in [1.29, 1.82) is 0 Å². The first kappa shape index (κ1) is 18.0. The molecule has 0 bridgehead atoms. The van der Waals surface area contributed by atoms with Crippen molar-refractivity contribution in [3.05, 3.63) is 64.7 Å². The Hall–Kier alpha value is -2.33. The molecule has 0 heterocycles. The first-order valence-electron chi connectivity index (χ1n) is 7.70. The molecule has 0 aliphatic heterocycles. The van der Waals surface area contributed by atoms with Gasteiger partial charge in [0, 0.05) is 17.3 Å². The van der Waals surface area contributed by atoms with Crippen molar-refractivity contribution in [2.75, 3.05) is 5.32 Å². The van der Waals surface area contributed by atoms with Gasteiger partial charge in [-0.2, -0.15) is 0 Å². The Morgan fingerprint density at radius 3 is 2.42 bits per heavy atom. The summed E-state index contributed by atoms with van der Waals surface area (Å²) in [7, 11) is 0. The summed E-state index contributed by atoms with van der Waals surface area (Å²) in [5, 5.41) is 6.14. The summed E-state index contributed by atoms with van der Waals surface area (Å²) in [6.07, 6.45) is 0. The van der Waals surface area contributed by atoms with Crippen molar-refractivity contribution >= 4 is 29.1 Å². The second-order valence-electron chi connectivity index (χ2n) is 6.22. The van der Waals surface area contributed by atoms with E-state index in [0.717, 1.165) is 11.1 Å². The fourth-order valence-electron chi connectivity index (χ4n) is 2.15. The number of carbonyl (C=O) groups excluding carboxylic acids is 2. The maximum Gasteiger partial charge on any atom is 0.239 e. The van der Waals surface area contributed by atoms with E-state index < -0.39 is 5.41 Å². The van der Waals surface area contributed by atoms with Gasteiger partial charge in [0.2, 0.25) is 11.8 Å². The van der Waals surface area contributed by atoms with Gasteiger partial charge in [-0.1, -0.05) is 41.9 Å². The Morgan fingerprint density at radius 1 is 1.04 bits per heavy atom. The van der Waals surface area contributed by atoms with Crippen LogP contribution in [0.3, 0.4) is 0 Å². The minimum absolute atomic E-state index is 0.277. The number of halogens is 1. The van der Waals surface area contributed by atoms with E-state index in [-0.39, 0.29) is 18.4 Å². The van der Waals surface area contributed by atoms with E-state index in [1.54, 1.807) is 26.0 Å². The molecule has 0 saturated carbocycles. The third-order valence-electron chi connectivity index (χ3n) is 3.81. The molecule has 4 nitrogen and oxygen atoms in total. The number of carbonyl (C=O) groups is 2. The van der Waals surface area contributed by atoms with Crippen LogP contribution in [0, 0.1) is 12.3 Å². The molecule has 2 rings (SSSR count). The average Bonchev–Trinajstić information content (AvgIpc) is 2.53. The predicted octanol–water partition coefficient (Wildman–Crippen LogP) is 3.93. The van der Waals surface area contributed by atoms with Crippen molar-refractivity contribution in [2.45, 2.75) is 27.3 Å². The van der Waals surface area contributed by atoms with Crippen molar-refractivity contribution in [2.24, 2.45) is 5.41 Å². The maximum atomic E-state index is 12.5. The maximum absolute atomic E-state index is 12.5. The second kappa shape index (κ2) is 7.49. The van der Waals surface area contributed by atoms with Crippen molar-refractivity contribution in [3.63, 3.8) is 0 Å². The number of benzene rings is 2. The van der Waals surface area contributed by atoms with Crippen LogP contribution in [0.5, 0.6) is 0 Å². The Morgan fingerprint density at radius 2 is 1.75 bits per heavy atom. The number of nitrogens with one attached hydrogen (secondary N) is 2. The van der Waals surface area contributed by atoms with Gasteiger partial charge in [0.05, 0.1) is 0 Å². The molecule has 2 amide bonds. The van der Waals surface area contributed by atoms with Gasteiger partial charge in [-0.3, -0.25) is 9.59 Å². The summed E-state index contributed by atoms with van der Waals surface area (Å²) in [6.45, 7) is 5.41. The van der Waals surface area contributed by atoms with E-state index in [1.165, 1.54) is 0 Å². The zero-order valence-electron chi connectivity index (χ0n) is 14.0. The molecule has 0 saturated heterocycles.